The molecule has 0 radical (unpaired) electrons. The molecular formula is C10H18N4O. The number of aryl methyl sites for hydroxylation is 1. The van der Waals surface area contributed by atoms with E-state index in [0.717, 1.165) is 18.7 Å². The Balaban J connectivity index is 2.14. The van der Waals surface area contributed by atoms with Gasteiger partial charge in [0.25, 0.3) is 0 Å². The molecule has 0 spiro atoms. The normalized spacial score (nSPS) is 28.2. The van der Waals surface area contributed by atoms with Crippen molar-refractivity contribution in [1.82, 2.24) is 15.2 Å². The molecule has 84 valence electrons. The highest BCUT2D eigenvalue weighted by Gasteiger charge is 2.31. The molecule has 0 aromatic carbocycles. The maximum atomic E-state index is 5.61. The lowest BCUT2D eigenvalue weighted by atomic mass is 9.95. The Morgan fingerprint density at radius 3 is 3.00 bits per heavy atom. The largest absolute Gasteiger partial charge is 0.378 e. The summed E-state index contributed by atoms with van der Waals surface area (Å²) in [6, 6.07) is 2.12. The van der Waals surface area contributed by atoms with Gasteiger partial charge in [-0.15, -0.1) is 0 Å². The second-order valence-electron chi connectivity index (χ2n) is 4.16. The Labute approximate surface area is 89.6 Å². The van der Waals surface area contributed by atoms with E-state index in [0.29, 0.717) is 12.0 Å². The minimum Gasteiger partial charge on any atom is -0.378 e. The number of hydrogen-bond acceptors (Lipinski definition) is 4. The smallest absolute Gasteiger partial charge is 0.0679 e. The van der Waals surface area contributed by atoms with Crippen molar-refractivity contribution in [2.45, 2.75) is 25.5 Å². The van der Waals surface area contributed by atoms with Crippen LogP contribution < -0.4 is 11.3 Å². The van der Waals surface area contributed by atoms with Crippen molar-refractivity contribution in [3.05, 3.63) is 18.0 Å². The first-order valence-electron chi connectivity index (χ1n) is 5.28. The zero-order valence-corrected chi connectivity index (χ0v) is 9.18. The summed E-state index contributed by atoms with van der Waals surface area (Å²) in [7, 11) is 1.93. The third-order valence-electron chi connectivity index (χ3n) is 3.06. The molecule has 0 aliphatic carbocycles. The van der Waals surface area contributed by atoms with Crippen molar-refractivity contribution >= 4 is 0 Å². The van der Waals surface area contributed by atoms with Gasteiger partial charge in [0.2, 0.25) is 0 Å². The molecule has 3 unspecified atom stereocenters. The van der Waals surface area contributed by atoms with Crippen LogP contribution in [0.1, 0.15) is 25.1 Å². The molecule has 2 heterocycles. The fourth-order valence-corrected chi connectivity index (χ4v) is 2.23. The van der Waals surface area contributed by atoms with Crippen molar-refractivity contribution in [3.8, 4) is 0 Å². The van der Waals surface area contributed by atoms with Crippen molar-refractivity contribution in [2.75, 3.05) is 6.61 Å². The van der Waals surface area contributed by atoms with Crippen molar-refractivity contribution in [2.24, 2.45) is 18.8 Å². The predicted octanol–water partition coefficient (Wildman–Crippen LogP) is 0.349. The zero-order chi connectivity index (χ0) is 10.8. The van der Waals surface area contributed by atoms with Gasteiger partial charge in [0.15, 0.2) is 0 Å². The summed E-state index contributed by atoms with van der Waals surface area (Å²) in [5.41, 5.74) is 3.98. The van der Waals surface area contributed by atoms with Gasteiger partial charge in [-0.05, 0) is 19.4 Å². The summed E-state index contributed by atoms with van der Waals surface area (Å²) < 4.78 is 7.42. The summed E-state index contributed by atoms with van der Waals surface area (Å²) in [4.78, 5) is 0. The molecule has 1 aromatic rings. The van der Waals surface area contributed by atoms with Gasteiger partial charge in [-0.3, -0.25) is 16.0 Å². The fraction of sp³-hybridized carbons (Fsp3) is 0.700. The molecule has 2 rings (SSSR count). The third-order valence-corrected chi connectivity index (χ3v) is 3.06. The van der Waals surface area contributed by atoms with Crippen LogP contribution in [0.3, 0.4) is 0 Å². The van der Waals surface area contributed by atoms with E-state index < -0.39 is 0 Å². The van der Waals surface area contributed by atoms with E-state index in [-0.39, 0.29) is 6.04 Å². The van der Waals surface area contributed by atoms with Crippen LogP contribution in [0.4, 0.5) is 0 Å². The summed E-state index contributed by atoms with van der Waals surface area (Å²) in [5, 5.41) is 4.16. The Morgan fingerprint density at radius 1 is 1.73 bits per heavy atom. The average Bonchev–Trinajstić information content (AvgIpc) is 2.79. The molecule has 5 nitrogen and oxygen atoms in total. The topological polar surface area (TPSA) is 65.1 Å². The summed E-state index contributed by atoms with van der Waals surface area (Å²) in [6.07, 6.45) is 3.16. The third kappa shape index (κ3) is 2.04. The molecule has 1 aromatic heterocycles. The van der Waals surface area contributed by atoms with Crippen molar-refractivity contribution < 1.29 is 4.74 Å². The molecule has 1 aliphatic rings. The highest BCUT2D eigenvalue weighted by Crippen LogP contribution is 2.30. The number of nitrogens with one attached hydrogen (secondary N) is 1. The van der Waals surface area contributed by atoms with Gasteiger partial charge in [-0.2, -0.15) is 5.10 Å². The number of rotatable bonds is 3. The summed E-state index contributed by atoms with van der Waals surface area (Å²) in [6.45, 7) is 2.86. The van der Waals surface area contributed by atoms with E-state index in [2.05, 4.69) is 17.4 Å². The van der Waals surface area contributed by atoms with Crippen LogP contribution in [0.2, 0.25) is 0 Å². The lowest BCUT2D eigenvalue weighted by Gasteiger charge is -2.21. The minimum absolute atomic E-state index is 0.127. The lowest BCUT2D eigenvalue weighted by molar-refractivity contribution is 0.116. The number of hydrazine groups is 1. The Bertz CT molecular complexity index is 325. The van der Waals surface area contributed by atoms with Crippen molar-refractivity contribution in [1.29, 1.82) is 0 Å². The summed E-state index contributed by atoms with van der Waals surface area (Å²) >= 11 is 0. The molecule has 1 saturated heterocycles. The van der Waals surface area contributed by atoms with E-state index in [4.69, 9.17) is 10.6 Å². The van der Waals surface area contributed by atoms with Gasteiger partial charge in [0, 0.05) is 19.2 Å². The molecule has 0 bridgehead atoms. The molecule has 3 atom stereocenters. The maximum absolute atomic E-state index is 5.61. The predicted molar refractivity (Wildman–Crippen MR) is 56.8 cm³/mol. The second-order valence-corrected chi connectivity index (χ2v) is 4.16. The quantitative estimate of drug-likeness (QED) is 0.558. The number of nitrogens with two attached hydrogens (primary N) is 1. The van der Waals surface area contributed by atoms with Gasteiger partial charge in [0.05, 0.1) is 24.4 Å². The van der Waals surface area contributed by atoms with Gasteiger partial charge in [-0.1, -0.05) is 0 Å². The highest BCUT2D eigenvalue weighted by molar-refractivity contribution is 5.08. The van der Waals surface area contributed by atoms with Gasteiger partial charge >= 0.3 is 0 Å². The van der Waals surface area contributed by atoms with E-state index in [9.17, 15) is 0 Å². The molecule has 5 heteroatoms. The van der Waals surface area contributed by atoms with Crippen LogP contribution in [0, 0.1) is 5.92 Å². The van der Waals surface area contributed by atoms with E-state index in [1.807, 2.05) is 17.8 Å². The van der Waals surface area contributed by atoms with E-state index >= 15 is 0 Å². The maximum Gasteiger partial charge on any atom is 0.0679 e. The lowest BCUT2D eigenvalue weighted by Crippen LogP contribution is -2.35. The molecule has 0 saturated carbocycles. The minimum atomic E-state index is 0.127. The first-order chi connectivity index (χ1) is 7.22. The second kappa shape index (κ2) is 4.30. The highest BCUT2D eigenvalue weighted by atomic mass is 16.5. The van der Waals surface area contributed by atoms with E-state index in [1.165, 1.54) is 0 Å². The number of ether oxygens (including phenoxy) is 1. The van der Waals surface area contributed by atoms with Gasteiger partial charge in [-0.25, -0.2) is 0 Å². The van der Waals surface area contributed by atoms with E-state index in [1.54, 1.807) is 6.20 Å². The van der Waals surface area contributed by atoms with Gasteiger partial charge < -0.3 is 4.74 Å². The van der Waals surface area contributed by atoms with Crippen molar-refractivity contribution in [3.63, 3.8) is 0 Å². The first-order valence-corrected chi connectivity index (χ1v) is 5.28. The molecule has 0 amide bonds. The Kier molecular flexibility index (Phi) is 3.04. The SMILES string of the molecule is CC1CC(C(NN)c2ccnn2C)CO1. The molecule has 1 aliphatic heterocycles. The summed E-state index contributed by atoms with van der Waals surface area (Å²) in [5.74, 6) is 6.04. The Morgan fingerprint density at radius 2 is 2.53 bits per heavy atom. The number of aromatic nitrogens is 2. The molecule has 1 fully saturated rings. The molecule has 15 heavy (non-hydrogen) atoms. The molecule has 3 N–H and O–H groups in total. The zero-order valence-electron chi connectivity index (χ0n) is 9.18. The van der Waals surface area contributed by atoms with Crippen LogP contribution in [0.15, 0.2) is 12.3 Å². The van der Waals surface area contributed by atoms with Crippen LogP contribution >= 0.6 is 0 Å². The van der Waals surface area contributed by atoms with Crippen LogP contribution in [-0.2, 0) is 11.8 Å². The first kappa shape index (κ1) is 10.6. The van der Waals surface area contributed by atoms with Crippen LogP contribution in [-0.4, -0.2) is 22.5 Å². The number of hydrogen-bond donors (Lipinski definition) is 2. The average molecular weight is 210 g/mol. The standard InChI is InChI=1S/C10H18N4O/c1-7-5-8(6-15-7)10(13-11)9-3-4-12-14(9)2/h3-4,7-8,10,13H,5-6,11H2,1-2H3. The Hall–Kier alpha value is -0.910. The molecular weight excluding hydrogens is 192 g/mol. The van der Waals surface area contributed by atoms with Crippen LogP contribution in [0.25, 0.3) is 0 Å². The van der Waals surface area contributed by atoms with Crippen LogP contribution in [0.5, 0.6) is 0 Å². The van der Waals surface area contributed by atoms with Gasteiger partial charge in [0.1, 0.15) is 0 Å². The number of nitrogens with zero attached hydrogens (tertiary/aromatic N) is 2. The monoisotopic (exact) mass is 210 g/mol. The fourth-order valence-electron chi connectivity index (χ4n) is 2.23.